The minimum absolute atomic E-state index is 0.132. The van der Waals surface area contributed by atoms with Crippen molar-refractivity contribution in [1.82, 2.24) is 5.32 Å². The lowest BCUT2D eigenvalue weighted by Gasteiger charge is -2.05. The maximum Gasteiger partial charge on any atom is 0.307 e. The van der Waals surface area contributed by atoms with Crippen molar-refractivity contribution in [3.63, 3.8) is 0 Å². The average Bonchev–Trinajstić information content (AvgIpc) is 3.24. The lowest BCUT2D eigenvalue weighted by molar-refractivity contribution is -0.140. The lowest BCUT2D eigenvalue weighted by Crippen LogP contribution is -2.27. The third-order valence-corrected chi connectivity index (χ3v) is 3.54. The van der Waals surface area contributed by atoms with Crippen LogP contribution in [0, 0.1) is 11.8 Å². The molecule has 1 saturated carbocycles. The molecule has 1 aliphatic rings. The number of carboxylic acids is 1. The van der Waals surface area contributed by atoms with Crippen molar-refractivity contribution < 1.29 is 19.4 Å². The van der Waals surface area contributed by atoms with E-state index in [0.717, 1.165) is 18.6 Å². The quantitative estimate of drug-likeness (QED) is 0.740. The highest BCUT2D eigenvalue weighted by Gasteiger charge is 2.48. The number of hydrogen-bond donors (Lipinski definition) is 2. The van der Waals surface area contributed by atoms with Gasteiger partial charge in [0.1, 0.15) is 5.75 Å². The second-order valence-corrected chi connectivity index (χ2v) is 5.03. The molecule has 5 nitrogen and oxygen atoms in total. The second kappa shape index (κ2) is 6.41. The van der Waals surface area contributed by atoms with E-state index in [2.05, 4.69) is 5.32 Å². The zero-order valence-electron chi connectivity index (χ0n) is 11.5. The molecule has 1 aromatic carbocycles. The van der Waals surface area contributed by atoms with Gasteiger partial charge in [-0.25, -0.2) is 0 Å². The van der Waals surface area contributed by atoms with Crippen LogP contribution in [0.25, 0.3) is 0 Å². The van der Waals surface area contributed by atoms with Crippen molar-refractivity contribution in [3.8, 4) is 5.75 Å². The fourth-order valence-corrected chi connectivity index (χ4v) is 2.19. The number of carbonyl (C=O) groups is 2. The summed E-state index contributed by atoms with van der Waals surface area (Å²) >= 11 is 0. The Morgan fingerprint density at radius 3 is 2.55 bits per heavy atom. The highest BCUT2D eigenvalue weighted by atomic mass is 16.5. The van der Waals surface area contributed by atoms with E-state index in [9.17, 15) is 9.59 Å². The molecule has 0 heterocycles. The van der Waals surface area contributed by atoms with E-state index in [1.165, 1.54) is 5.56 Å². The first kappa shape index (κ1) is 14.4. The zero-order valence-corrected chi connectivity index (χ0v) is 11.5. The molecular weight excluding hydrogens is 258 g/mol. The maximum absolute atomic E-state index is 11.6. The molecule has 1 fully saturated rings. The van der Waals surface area contributed by atoms with Crippen LogP contribution in [-0.2, 0) is 16.0 Å². The third-order valence-electron chi connectivity index (χ3n) is 3.54. The van der Waals surface area contributed by atoms with Crippen LogP contribution < -0.4 is 10.1 Å². The summed E-state index contributed by atoms with van der Waals surface area (Å²) in [6.45, 7) is 0.577. The summed E-state index contributed by atoms with van der Waals surface area (Å²) in [5, 5.41) is 11.5. The van der Waals surface area contributed by atoms with E-state index in [0.29, 0.717) is 13.0 Å². The van der Waals surface area contributed by atoms with Crippen LogP contribution >= 0.6 is 0 Å². The fraction of sp³-hybridized carbons (Fsp3) is 0.467. The largest absolute Gasteiger partial charge is 0.497 e. The number of methoxy groups -OCH3 is 1. The van der Waals surface area contributed by atoms with E-state index in [1.807, 2.05) is 24.3 Å². The van der Waals surface area contributed by atoms with Crippen molar-refractivity contribution in [1.29, 1.82) is 0 Å². The van der Waals surface area contributed by atoms with Crippen molar-refractivity contribution in [2.45, 2.75) is 19.3 Å². The predicted molar refractivity (Wildman–Crippen MR) is 73.6 cm³/mol. The molecule has 1 aromatic rings. The van der Waals surface area contributed by atoms with Crippen LogP contribution in [0.5, 0.6) is 5.75 Å². The molecule has 5 heteroatoms. The molecule has 108 valence electrons. The summed E-state index contributed by atoms with van der Waals surface area (Å²) in [4.78, 5) is 22.3. The average molecular weight is 277 g/mol. The molecule has 0 saturated heterocycles. The van der Waals surface area contributed by atoms with Gasteiger partial charge < -0.3 is 15.2 Å². The molecule has 0 unspecified atom stereocenters. The van der Waals surface area contributed by atoms with E-state index < -0.39 is 11.9 Å². The lowest BCUT2D eigenvalue weighted by atomic mass is 10.1. The SMILES string of the molecule is COc1ccc(CCCNC(=O)[C@H]2C[C@@H]2C(=O)O)cc1. The second-order valence-electron chi connectivity index (χ2n) is 5.03. The third kappa shape index (κ3) is 3.73. The molecule has 2 N–H and O–H groups in total. The first-order chi connectivity index (χ1) is 9.61. The zero-order chi connectivity index (χ0) is 14.5. The summed E-state index contributed by atoms with van der Waals surface area (Å²) < 4.78 is 5.08. The van der Waals surface area contributed by atoms with Gasteiger partial charge in [-0.2, -0.15) is 0 Å². The van der Waals surface area contributed by atoms with Crippen molar-refractivity contribution in [2.24, 2.45) is 11.8 Å². The number of nitrogens with one attached hydrogen (secondary N) is 1. The van der Waals surface area contributed by atoms with Crippen LogP contribution in [0.15, 0.2) is 24.3 Å². The van der Waals surface area contributed by atoms with Gasteiger partial charge in [0, 0.05) is 6.54 Å². The Balaban J connectivity index is 1.64. The van der Waals surface area contributed by atoms with E-state index in [-0.39, 0.29) is 11.8 Å². The fourth-order valence-electron chi connectivity index (χ4n) is 2.19. The number of benzene rings is 1. The summed E-state index contributed by atoms with van der Waals surface area (Å²) in [6, 6.07) is 7.83. The molecule has 0 aliphatic heterocycles. The Morgan fingerprint density at radius 2 is 2.00 bits per heavy atom. The van der Waals surface area contributed by atoms with Gasteiger partial charge >= 0.3 is 5.97 Å². The number of rotatable bonds is 7. The summed E-state index contributed by atoms with van der Waals surface area (Å²) in [5.74, 6) is -0.976. The summed E-state index contributed by atoms with van der Waals surface area (Å²) in [6.07, 6.45) is 2.18. The van der Waals surface area contributed by atoms with E-state index in [1.54, 1.807) is 7.11 Å². The number of ether oxygens (including phenoxy) is 1. The van der Waals surface area contributed by atoms with Gasteiger partial charge in [-0.05, 0) is 37.0 Å². The number of amides is 1. The number of carboxylic acid groups (broad SMARTS) is 1. The van der Waals surface area contributed by atoms with Gasteiger partial charge in [0.25, 0.3) is 0 Å². The molecule has 0 aromatic heterocycles. The summed E-state index contributed by atoms with van der Waals surface area (Å²) in [7, 11) is 1.63. The van der Waals surface area contributed by atoms with Crippen LogP contribution in [0.3, 0.4) is 0 Å². The highest BCUT2D eigenvalue weighted by Crippen LogP contribution is 2.38. The number of aliphatic carboxylic acids is 1. The predicted octanol–water partition coefficient (Wildman–Crippen LogP) is 1.46. The van der Waals surface area contributed by atoms with E-state index >= 15 is 0 Å². The topological polar surface area (TPSA) is 75.6 Å². The molecule has 0 radical (unpaired) electrons. The first-order valence-corrected chi connectivity index (χ1v) is 6.75. The van der Waals surface area contributed by atoms with Gasteiger partial charge in [-0.15, -0.1) is 0 Å². The van der Waals surface area contributed by atoms with Gasteiger partial charge in [0.15, 0.2) is 0 Å². The molecule has 20 heavy (non-hydrogen) atoms. The Bertz CT molecular complexity index is 483. The van der Waals surface area contributed by atoms with Gasteiger partial charge in [-0.3, -0.25) is 9.59 Å². The van der Waals surface area contributed by atoms with Crippen molar-refractivity contribution >= 4 is 11.9 Å². The van der Waals surface area contributed by atoms with Crippen molar-refractivity contribution in [3.05, 3.63) is 29.8 Å². The Labute approximate surface area is 117 Å². The molecule has 2 atom stereocenters. The van der Waals surface area contributed by atoms with Gasteiger partial charge in [0.2, 0.25) is 5.91 Å². The minimum atomic E-state index is -0.872. The van der Waals surface area contributed by atoms with E-state index in [4.69, 9.17) is 9.84 Å². The first-order valence-electron chi connectivity index (χ1n) is 6.75. The molecule has 2 rings (SSSR count). The maximum atomic E-state index is 11.6. The smallest absolute Gasteiger partial charge is 0.307 e. The molecule has 1 aliphatic carbocycles. The molecular formula is C15H19NO4. The van der Waals surface area contributed by atoms with Crippen LogP contribution in [0.4, 0.5) is 0 Å². The van der Waals surface area contributed by atoms with Crippen molar-refractivity contribution in [2.75, 3.05) is 13.7 Å². The standard InChI is InChI=1S/C15H19NO4/c1-20-11-6-4-10(5-7-11)3-2-8-16-14(17)12-9-13(12)15(18)19/h4-7,12-13H,2-3,8-9H2,1H3,(H,16,17)(H,18,19)/t12-,13-/m0/s1. The highest BCUT2D eigenvalue weighted by molar-refractivity contribution is 5.89. The van der Waals surface area contributed by atoms with Crippen LogP contribution in [0.2, 0.25) is 0 Å². The minimum Gasteiger partial charge on any atom is -0.497 e. The Kier molecular flexibility index (Phi) is 4.61. The molecule has 1 amide bonds. The van der Waals surface area contributed by atoms with Crippen LogP contribution in [0.1, 0.15) is 18.4 Å². The normalized spacial score (nSPS) is 20.2. The number of hydrogen-bond acceptors (Lipinski definition) is 3. The molecule has 0 bridgehead atoms. The Hall–Kier alpha value is -2.04. The van der Waals surface area contributed by atoms with Gasteiger partial charge in [-0.1, -0.05) is 12.1 Å². The van der Waals surface area contributed by atoms with Crippen LogP contribution in [-0.4, -0.2) is 30.6 Å². The summed E-state index contributed by atoms with van der Waals surface area (Å²) in [5.41, 5.74) is 1.19. The number of aryl methyl sites for hydroxylation is 1. The monoisotopic (exact) mass is 277 g/mol. The Morgan fingerprint density at radius 1 is 1.30 bits per heavy atom. The van der Waals surface area contributed by atoms with Gasteiger partial charge in [0.05, 0.1) is 18.9 Å². The number of carbonyl (C=O) groups excluding carboxylic acids is 1. The molecule has 0 spiro atoms.